The number of hydrogen-bond acceptors (Lipinski definition) is 4. The van der Waals surface area contributed by atoms with Gasteiger partial charge in [0.15, 0.2) is 0 Å². The predicted molar refractivity (Wildman–Crippen MR) is 36.6 cm³/mol. The van der Waals surface area contributed by atoms with E-state index in [4.69, 9.17) is 10.5 Å². The smallest absolute Gasteiger partial charge is 0.331 e. The molecule has 0 aliphatic rings. The van der Waals surface area contributed by atoms with Crippen LogP contribution in [0.25, 0.3) is 0 Å². The molecule has 0 aromatic rings. The molecule has 11 heavy (non-hydrogen) atoms. The van der Waals surface area contributed by atoms with Crippen LogP contribution in [-0.4, -0.2) is 32.2 Å². The fourth-order valence-corrected chi connectivity index (χ4v) is 0.387. The third-order valence-electron chi connectivity index (χ3n) is 0.940. The first-order valence-electron chi connectivity index (χ1n) is 3.09. The van der Waals surface area contributed by atoms with Crippen LogP contribution in [0.3, 0.4) is 0 Å². The maximum absolute atomic E-state index is 10.4. The molecular formula is C6H11NO4. The minimum absolute atomic E-state index is 0.122. The zero-order chi connectivity index (χ0) is 8.69. The van der Waals surface area contributed by atoms with E-state index >= 15 is 0 Å². The van der Waals surface area contributed by atoms with Gasteiger partial charge in [-0.05, 0) is 0 Å². The Bertz CT molecular complexity index is 146. The van der Waals surface area contributed by atoms with Gasteiger partial charge in [0, 0.05) is 6.42 Å². The van der Waals surface area contributed by atoms with Gasteiger partial charge in [0.2, 0.25) is 5.91 Å². The van der Waals surface area contributed by atoms with Gasteiger partial charge in [0.05, 0.1) is 13.7 Å². The molecule has 0 rings (SSSR count). The predicted octanol–water partition coefficient (Wildman–Crippen LogP) is -0.949. The first-order chi connectivity index (χ1) is 5.16. The van der Waals surface area contributed by atoms with E-state index in [0.29, 0.717) is 0 Å². The lowest BCUT2D eigenvalue weighted by Crippen LogP contribution is -2.16. The zero-order valence-corrected chi connectivity index (χ0v) is 6.33. The molecule has 0 heterocycles. The first-order valence-corrected chi connectivity index (χ1v) is 3.09. The molecule has 64 valence electrons. The topological polar surface area (TPSA) is 78.6 Å². The molecule has 0 saturated heterocycles. The summed E-state index contributed by atoms with van der Waals surface area (Å²) in [5, 5.41) is 0. The highest BCUT2D eigenvalue weighted by molar-refractivity contribution is 5.74. The van der Waals surface area contributed by atoms with Crippen LogP contribution in [0.5, 0.6) is 0 Å². The lowest BCUT2D eigenvalue weighted by atomic mass is 10.4. The number of methoxy groups -OCH3 is 1. The van der Waals surface area contributed by atoms with Gasteiger partial charge in [0.25, 0.3) is 0 Å². The second-order valence-electron chi connectivity index (χ2n) is 1.85. The Morgan fingerprint density at radius 1 is 1.45 bits per heavy atom. The minimum Gasteiger partial charge on any atom is -0.467 e. The van der Waals surface area contributed by atoms with Crippen molar-refractivity contribution in [2.75, 3.05) is 20.3 Å². The molecule has 0 bridgehead atoms. The number of carbonyl (C=O) groups excluding carboxylic acids is 2. The van der Waals surface area contributed by atoms with Crippen molar-refractivity contribution in [2.24, 2.45) is 5.73 Å². The number of amides is 1. The van der Waals surface area contributed by atoms with Crippen LogP contribution >= 0.6 is 0 Å². The summed E-state index contributed by atoms with van der Waals surface area (Å²) in [6.07, 6.45) is 0.122. The summed E-state index contributed by atoms with van der Waals surface area (Å²) in [5.41, 5.74) is 4.81. The minimum atomic E-state index is -0.463. The van der Waals surface area contributed by atoms with E-state index in [1.165, 1.54) is 7.11 Å². The van der Waals surface area contributed by atoms with E-state index in [2.05, 4.69) is 4.74 Å². The number of carbonyl (C=O) groups is 2. The third kappa shape index (κ3) is 6.79. The fraction of sp³-hybridized carbons (Fsp3) is 0.667. The Hall–Kier alpha value is -1.10. The van der Waals surface area contributed by atoms with Gasteiger partial charge < -0.3 is 15.2 Å². The Labute approximate surface area is 64.5 Å². The quantitative estimate of drug-likeness (QED) is 0.416. The Kier molecular flexibility index (Phi) is 5.10. The molecule has 0 radical (unpaired) electrons. The summed E-state index contributed by atoms with van der Waals surface area (Å²) in [6.45, 7) is 0.0220. The average molecular weight is 161 g/mol. The molecule has 0 saturated carbocycles. The van der Waals surface area contributed by atoms with Gasteiger partial charge in [-0.25, -0.2) is 4.79 Å². The molecule has 5 heteroatoms. The van der Waals surface area contributed by atoms with Gasteiger partial charge in [-0.15, -0.1) is 0 Å². The summed E-state index contributed by atoms with van der Waals surface area (Å²) in [4.78, 5) is 20.5. The normalized spacial score (nSPS) is 9.18. The summed E-state index contributed by atoms with van der Waals surface area (Å²) in [7, 11) is 1.26. The molecule has 0 aromatic heterocycles. The molecule has 0 fully saturated rings. The van der Waals surface area contributed by atoms with Crippen molar-refractivity contribution in [3.8, 4) is 0 Å². The molecule has 0 unspecified atom stereocenters. The van der Waals surface area contributed by atoms with Crippen molar-refractivity contribution in [1.82, 2.24) is 0 Å². The average Bonchev–Trinajstić information content (AvgIpc) is 1.97. The molecule has 0 aliphatic heterocycles. The second kappa shape index (κ2) is 5.67. The van der Waals surface area contributed by atoms with E-state index in [1.807, 2.05) is 0 Å². The Balaban J connectivity index is 3.14. The summed E-state index contributed by atoms with van der Waals surface area (Å²) < 4.78 is 9.00. The lowest BCUT2D eigenvalue weighted by molar-refractivity contribution is -0.146. The van der Waals surface area contributed by atoms with E-state index < -0.39 is 11.9 Å². The SMILES string of the molecule is COC(=O)COCCC(N)=O. The molecule has 0 aliphatic carbocycles. The third-order valence-corrected chi connectivity index (χ3v) is 0.940. The van der Waals surface area contributed by atoms with Crippen molar-refractivity contribution in [2.45, 2.75) is 6.42 Å². The highest BCUT2D eigenvalue weighted by Crippen LogP contribution is 1.82. The van der Waals surface area contributed by atoms with Crippen LogP contribution in [0.1, 0.15) is 6.42 Å². The lowest BCUT2D eigenvalue weighted by Gasteiger charge is -1.99. The van der Waals surface area contributed by atoms with E-state index in [1.54, 1.807) is 0 Å². The van der Waals surface area contributed by atoms with Crippen molar-refractivity contribution in [1.29, 1.82) is 0 Å². The van der Waals surface area contributed by atoms with Gasteiger partial charge in [0.1, 0.15) is 6.61 Å². The van der Waals surface area contributed by atoms with Crippen LogP contribution in [0, 0.1) is 0 Å². The number of ether oxygens (including phenoxy) is 2. The molecule has 0 spiro atoms. The van der Waals surface area contributed by atoms with Gasteiger partial charge in [-0.2, -0.15) is 0 Å². The van der Waals surface area contributed by atoms with Gasteiger partial charge in [-0.1, -0.05) is 0 Å². The van der Waals surface area contributed by atoms with Crippen molar-refractivity contribution in [3.63, 3.8) is 0 Å². The van der Waals surface area contributed by atoms with Crippen molar-refractivity contribution >= 4 is 11.9 Å². The zero-order valence-electron chi connectivity index (χ0n) is 6.33. The van der Waals surface area contributed by atoms with E-state index in [0.717, 1.165) is 0 Å². The largest absolute Gasteiger partial charge is 0.467 e. The van der Waals surface area contributed by atoms with E-state index in [-0.39, 0.29) is 19.6 Å². The van der Waals surface area contributed by atoms with E-state index in [9.17, 15) is 9.59 Å². The summed E-state index contributed by atoms with van der Waals surface area (Å²) in [6, 6.07) is 0. The molecule has 1 amide bonds. The molecule has 2 N–H and O–H groups in total. The van der Waals surface area contributed by atoms with Crippen molar-refractivity contribution in [3.05, 3.63) is 0 Å². The van der Waals surface area contributed by atoms with Gasteiger partial charge in [-0.3, -0.25) is 4.79 Å². The van der Waals surface area contributed by atoms with Crippen LogP contribution in [-0.2, 0) is 19.1 Å². The maximum Gasteiger partial charge on any atom is 0.331 e. The Morgan fingerprint density at radius 2 is 2.09 bits per heavy atom. The maximum atomic E-state index is 10.4. The fourth-order valence-electron chi connectivity index (χ4n) is 0.387. The first kappa shape index (κ1) is 9.90. The Morgan fingerprint density at radius 3 is 2.55 bits per heavy atom. The van der Waals surface area contributed by atoms with Crippen LogP contribution in [0.15, 0.2) is 0 Å². The standard InChI is InChI=1S/C6H11NO4/c1-10-6(9)4-11-3-2-5(7)8/h2-4H2,1H3,(H2,7,8). The monoisotopic (exact) mass is 161 g/mol. The number of rotatable bonds is 5. The molecule has 0 atom stereocenters. The van der Waals surface area contributed by atoms with Crippen molar-refractivity contribution < 1.29 is 19.1 Å². The van der Waals surface area contributed by atoms with Gasteiger partial charge >= 0.3 is 5.97 Å². The summed E-state index contributed by atoms with van der Waals surface area (Å²) >= 11 is 0. The number of esters is 1. The molecule has 0 aromatic carbocycles. The highest BCUT2D eigenvalue weighted by atomic mass is 16.6. The van der Waals surface area contributed by atoms with Crippen LogP contribution in [0.2, 0.25) is 0 Å². The second-order valence-corrected chi connectivity index (χ2v) is 1.85. The number of nitrogens with two attached hydrogens (primary N) is 1. The number of primary amides is 1. The molecular weight excluding hydrogens is 150 g/mol. The molecule has 5 nitrogen and oxygen atoms in total. The summed E-state index contributed by atoms with van der Waals surface area (Å²) in [5.74, 6) is -0.913. The van der Waals surface area contributed by atoms with Crippen LogP contribution in [0.4, 0.5) is 0 Å². The number of hydrogen-bond donors (Lipinski definition) is 1. The highest BCUT2D eigenvalue weighted by Gasteiger charge is 1.99. The van der Waals surface area contributed by atoms with Crippen LogP contribution < -0.4 is 5.73 Å².